The fourth-order valence-corrected chi connectivity index (χ4v) is 8.12. The maximum atomic E-state index is 2.48. The first-order valence-electron chi connectivity index (χ1n) is 17.5. The summed E-state index contributed by atoms with van der Waals surface area (Å²) in [6.07, 6.45) is 8.05. The van der Waals surface area contributed by atoms with Gasteiger partial charge in [0.1, 0.15) is 0 Å². The maximum absolute atomic E-state index is 2.48. The van der Waals surface area contributed by atoms with Gasteiger partial charge < -0.3 is 9.13 Å². The van der Waals surface area contributed by atoms with Crippen molar-refractivity contribution in [2.75, 3.05) is 0 Å². The van der Waals surface area contributed by atoms with Crippen molar-refractivity contribution >= 4 is 49.2 Å². The summed E-state index contributed by atoms with van der Waals surface area (Å²) in [7, 11) is 0. The van der Waals surface area contributed by atoms with E-state index in [1.807, 2.05) is 0 Å². The Morgan fingerprint density at radius 1 is 0.420 bits per heavy atom. The predicted molar refractivity (Wildman–Crippen MR) is 211 cm³/mol. The highest BCUT2D eigenvalue weighted by molar-refractivity contribution is 6.12. The lowest BCUT2D eigenvalue weighted by Gasteiger charge is -2.21. The summed E-state index contributed by atoms with van der Waals surface area (Å²) in [5, 5.41) is 5.07. The molecule has 10 rings (SSSR count). The van der Waals surface area contributed by atoms with E-state index in [1.54, 1.807) is 0 Å². The molecule has 50 heavy (non-hydrogen) atoms. The summed E-state index contributed by atoms with van der Waals surface area (Å²) >= 11 is 0. The molecule has 0 N–H and O–H groups in total. The van der Waals surface area contributed by atoms with Crippen LogP contribution in [0.1, 0.15) is 23.5 Å². The van der Waals surface area contributed by atoms with E-state index < -0.39 is 0 Å². The van der Waals surface area contributed by atoms with E-state index in [9.17, 15) is 0 Å². The number of para-hydroxylation sites is 4. The molecule has 0 spiro atoms. The largest absolute Gasteiger partial charge is 0.309 e. The molecule has 2 aromatic heterocycles. The molecule has 0 aliphatic heterocycles. The molecular formula is C48H34N2. The first-order chi connectivity index (χ1) is 24.8. The molecule has 9 aromatic rings. The van der Waals surface area contributed by atoms with Crippen LogP contribution in [0.4, 0.5) is 0 Å². The number of aromatic nitrogens is 2. The van der Waals surface area contributed by atoms with Crippen molar-refractivity contribution in [2.24, 2.45) is 0 Å². The van der Waals surface area contributed by atoms with E-state index in [0.29, 0.717) is 5.92 Å². The summed E-state index contributed by atoms with van der Waals surface area (Å²) in [6, 6.07) is 61.9. The molecule has 0 radical (unpaired) electrons. The highest BCUT2D eigenvalue weighted by Gasteiger charge is 2.20. The third-order valence-corrected chi connectivity index (χ3v) is 10.5. The van der Waals surface area contributed by atoms with Crippen molar-refractivity contribution in [2.45, 2.75) is 12.3 Å². The van der Waals surface area contributed by atoms with Crippen LogP contribution in [0.2, 0.25) is 0 Å². The van der Waals surface area contributed by atoms with Crippen molar-refractivity contribution in [1.82, 2.24) is 9.13 Å². The van der Waals surface area contributed by atoms with Gasteiger partial charge in [-0.15, -0.1) is 0 Å². The van der Waals surface area contributed by atoms with Gasteiger partial charge in [-0.2, -0.15) is 0 Å². The number of hydrogen-bond acceptors (Lipinski definition) is 0. The smallest absolute Gasteiger partial charge is 0.0541 e. The summed E-state index contributed by atoms with van der Waals surface area (Å²) in [6.45, 7) is 0. The van der Waals surface area contributed by atoms with Crippen molar-refractivity contribution < 1.29 is 0 Å². The standard InChI is InChI=1S/C48H34N2/c1-3-13-33(14-4-1)34-23-25-35(26-24-34)39-17-7-10-20-44(39)50-46-22-12-9-19-41(46)43-32-37(28-30-48(43)50)36-27-29-47-42(31-36)40-18-8-11-21-45(40)49(47)38-15-5-2-6-16-38/h1-25,27-32,35H,26H2. The highest BCUT2D eigenvalue weighted by Crippen LogP contribution is 2.40. The van der Waals surface area contributed by atoms with Gasteiger partial charge in [0.05, 0.1) is 22.1 Å². The molecule has 1 atom stereocenters. The Bertz CT molecular complexity index is 2780. The zero-order valence-electron chi connectivity index (χ0n) is 27.6. The predicted octanol–water partition coefficient (Wildman–Crippen LogP) is 12.7. The molecule has 1 aliphatic rings. The van der Waals surface area contributed by atoms with Gasteiger partial charge in [-0.1, -0.05) is 133 Å². The highest BCUT2D eigenvalue weighted by atomic mass is 15.0. The van der Waals surface area contributed by atoms with Crippen LogP contribution in [-0.4, -0.2) is 9.13 Å². The number of hydrogen-bond donors (Lipinski definition) is 0. The Hall–Kier alpha value is -6.38. The van der Waals surface area contributed by atoms with E-state index in [0.717, 1.165) is 6.42 Å². The summed E-state index contributed by atoms with van der Waals surface area (Å²) in [5.74, 6) is 0.305. The van der Waals surface area contributed by atoms with Crippen LogP contribution in [0, 0.1) is 0 Å². The summed E-state index contributed by atoms with van der Waals surface area (Å²) < 4.78 is 4.85. The van der Waals surface area contributed by atoms with E-state index in [2.05, 4.69) is 197 Å². The Balaban J connectivity index is 1.10. The van der Waals surface area contributed by atoms with Crippen LogP contribution in [0.5, 0.6) is 0 Å². The Morgan fingerprint density at radius 2 is 0.960 bits per heavy atom. The molecule has 1 aliphatic carbocycles. The van der Waals surface area contributed by atoms with Crippen LogP contribution in [-0.2, 0) is 0 Å². The molecule has 236 valence electrons. The first-order valence-corrected chi connectivity index (χ1v) is 17.5. The molecule has 7 aromatic carbocycles. The van der Waals surface area contributed by atoms with E-state index in [-0.39, 0.29) is 0 Å². The second-order valence-corrected chi connectivity index (χ2v) is 13.3. The zero-order valence-corrected chi connectivity index (χ0v) is 27.6. The Morgan fingerprint density at radius 3 is 1.62 bits per heavy atom. The maximum Gasteiger partial charge on any atom is 0.0541 e. The summed E-state index contributed by atoms with van der Waals surface area (Å²) in [5.41, 5.74) is 13.7. The van der Waals surface area contributed by atoms with Crippen LogP contribution >= 0.6 is 0 Å². The third kappa shape index (κ3) is 4.57. The van der Waals surface area contributed by atoms with E-state index >= 15 is 0 Å². The topological polar surface area (TPSA) is 9.86 Å². The summed E-state index contributed by atoms with van der Waals surface area (Å²) in [4.78, 5) is 0. The molecule has 2 heteroatoms. The Kier molecular flexibility index (Phi) is 6.67. The number of benzene rings is 7. The number of rotatable bonds is 5. The average molecular weight is 639 g/mol. The van der Waals surface area contributed by atoms with Crippen molar-refractivity contribution in [3.63, 3.8) is 0 Å². The van der Waals surface area contributed by atoms with Crippen LogP contribution in [0.15, 0.2) is 188 Å². The quantitative estimate of drug-likeness (QED) is 0.178. The minimum atomic E-state index is 0.305. The normalized spacial score (nSPS) is 14.6. The van der Waals surface area contributed by atoms with Crippen molar-refractivity contribution in [3.8, 4) is 22.5 Å². The van der Waals surface area contributed by atoms with Gasteiger partial charge in [0.2, 0.25) is 0 Å². The van der Waals surface area contributed by atoms with Gasteiger partial charge in [-0.25, -0.2) is 0 Å². The van der Waals surface area contributed by atoms with E-state index in [4.69, 9.17) is 0 Å². The number of nitrogens with zero attached hydrogens (tertiary/aromatic N) is 2. The van der Waals surface area contributed by atoms with Crippen molar-refractivity contribution in [3.05, 3.63) is 199 Å². The molecule has 0 amide bonds. The second kappa shape index (κ2) is 11.6. The van der Waals surface area contributed by atoms with Crippen molar-refractivity contribution in [1.29, 1.82) is 0 Å². The second-order valence-electron chi connectivity index (χ2n) is 13.3. The first kappa shape index (κ1) is 28.6. The molecule has 0 bridgehead atoms. The monoisotopic (exact) mass is 638 g/mol. The number of allylic oxidation sites excluding steroid dienone is 4. The van der Waals surface area contributed by atoms with Crippen LogP contribution < -0.4 is 0 Å². The molecule has 0 saturated heterocycles. The molecule has 2 heterocycles. The minimum Gasteiger partial charge on any atom is -0.309 e. The molecular weight excluding hydrogens is 605 g/mol. The van der Waals surface area contributed by atoms with Gasteiger partial charge in [0.25, 0.3) is 0 Å². The zero-order chi connectivity index (χ0) is 33.0. The van der Waals surface area contributed by atoms with Crippen LogP contribution in [0.25, 0.3) is 71.7 Å². The lowest BCUT2D eigenvalue weighted by atomic mass is 9.87. The number of fused-ring (bicyclic) bond motifs is 6. The molecule has 0 saturated carbocycles. The Labute approximate surface area is 291 Å². The molecule has 1 unspecified atom stereocenters. The minimum absolute atomic E-state index is 0.305. The van der Waals surface area contributed by atoms with Gasteiger partial charge >= 0.3 is 0 Å². The van der Waals surface area contributed by atoms with Gasteiger partial charge in [-0.3, -0.25) is 0 Å². The van der Waals surface area contributed by atoms with Crippen LogP contribution in [0.3, 0.4) is 0 Å². The molecule has 2 nitrogen and oxygen atoms in total. The fraction of sp³-hybridized carbons (Fsp3) is 0.0417. The third-order valence-electron chi connectivity index (χ3n) is 10.5. The van der Waals surface area contributed by atoms with Gasteiger partial charge in [0.15, 0.2) is 0 Å². The van der Waals surface area contributed by atoms with Gasteiger partial charge in [0, 0.05) is 38.8 Å². The lowest BCUT2D eigenvalue weighted by molar-refractivity contribution is 0.846. The fourth-order valence-electron chi connectivity index (χ4n) is 8.12. The van der Waals surface area contributed by atoms with Gasteiger partial charge in [-0.05, 0) is 88.8 Å². The lowest BCUT2D eigenvalue weighted by Crippen LogP contribution is -2.05. The van der Waals surface area contributed by atoms with E-state index in [1.165, 1.54) is 82.8 Å². The SMILES string of the molecule is C1=CC(c2ccccc2-n2c3ccccc3c3cc(-c4ccc5c(c4)c4ccccc4n5-c4ccccc4)ccc32)CC=C1c1ccccc1. The molecule has 0 fully saturated rings. The average Bonchev–Trinajstić information content (AvgIpc) is 3.71.